The van der Waals surface area contributed by atoms with Crippen LogP contribution in [-0.4, -0.2) is 23.1 Å². The van der Waals surface area contributed by atoms with Crippen molar-refractivity contribution in [3.63, 3.8) is 0 Å². The molecule has 1 aliphatic heterocycles. The molecule has 1 unspecified atom stereocenters. The first-order chi connectivity index (χ1) is 10.3. The lowest BCUT2D eigenvalue weighted by Crippen LogP contribution is -2.20. The Morgan fingerprint density at radius 2 is 2.24 bits per heavy atom. The van der Waals surface area contributed by atoms with Gasteiger partial charge >= 0.3 is 0 Å². The zero-order valence-electron chi connectivity index (χ0n) is 11.8. The highest BCUT2D eigenvalue weighted by molar-refractivity contribution is 7.09. The van der Waals surface area contributed by atoms with Gasteiger partial charge in [-0.15, -0.1) is 0 Å². The van der Waals surface area contributed by atoms with E-state index in [0.29, 0.717) is 12.5 Å². The first-order valence-corrected chi connectivity index (χ1v) is 8.01. The molecule has 2 aliphatic rings. The van der Waals surface area contributed by atoms with Crippen LogP contribution in [0.25, 0.3) is 0 Å². The van der Waals surface area contributed by atoms with Crippen molar-refractivity contribution in [1.82, 2.24) is 9.36 Å². The van der Waals surface area contributed by atoms with Gasteiger partial charge in [0.1, 0.15) is 17.3 Å². The predicted molar refractivity (Wildman–Crippen MR) is 81.4 cm³/mol. The third-order valence-corrected chi connectivity index (χ3v) is 4.60. The minimum atomic E-state index is 0.222. The van der Waals surface area contributed by atoms with Crippen molar-refractivity contribution in [3.05, 3.63) is 29.6 Å². The van der Waals surface area contributed by atoms with E-state index in [1.54, 1.807) is 7.11 Å². The van der Waals surface area contributed by atoms with Crippen molar-refractivity contribution in [1.29, 1.82) is 0 Å². The number of benzene rings is 1. The monoisotopic (exact) mass is 303 g/mol. The van der Waals surface area contributed by atoms with Crippen molar-refractivity contribution in [3.8, 4) is 11.5 Å². The fraction of sp³-hybridized carbons (Fsp3) is 0.467. The maximum atomic E-state index is 5.73. The van der Waals surface area contributed by atoms with Gasteiger partial charge in [-0.2, -0.15) is 4.37 Å². The van der Waals surface area contributed by atoms with E-state index >= 15 is 0 Å². The van der Waals surface area contributed by atoms with E-state index < -0.39 is 0 Å². The Labute approximate surface area is 127 Å². The van der Waals surface area contributed by atoms with Gasteiger partial charge in [0.15, 0.2) is 0 Å². The van der Waals surface area contributed by atoms with E-state index in [4.69, 9.17) is 9.47 Å². The lowest BCUT2D eigenvalue weighted by Gasteiger charge is -2.26. The second kappa shape index (κ2) is 5.18. The quantitative estimate of drug-likeness (QED) is 0.938. The number of hydrogen-bond acceptors (Lipinski definition) is 6. The highest BCUT2D eigenvalue weighted by Crippen LogP contribution is 2.41. The molecule has 2 heterocycles. The third-order valence-electron chi connectivity index (χ3n) is 3.94. The van der Waals surface area contributed by atoms with Crippen LogP contribution in [0.2, 0.25) is 0 Å². The molecule has 0 radical (unpaired) electrons. The van der Waals surface area contributed by atoms with E-state index in [1.807, 2.05) is 12.1 Å². The van der Waals surface area contributed by atoms with Crippen molar-refractivity contribution in [2.45, 2.75) is 31.2 Å². The fourth-order valence-electron chi connectivity index (χ4n) is 2.60. The smallest absolute Gasteiger partial charge is 0.203 e. The molecule has 1 aliphatic carbocycles. The molecule has 1 fully saturated rings. The van der Waals surface area contributed by atoms with Gasteiger partial charge in [-0.05, 0) is 25.0 Å². The summed E-state index contributed by atoms with van der Waals surface area (Å²) in [4.78, 5) is 4.60. The van der Waals surface area contributed by atoms with Crippen molar-refractivity contribution >= 4 is 16.7 Å². The molecule has 6 heteroatoms. The highest BCUT2D eigenvalue weighted by atomic mass is 32.1. The van der Waals surface area contributed by atoms with Gasteiger partial charge in [-0.3, -0.25) is 0 Å². The predicted octanol–water partition coefficient (Wildman–Crippen LogP) is 3.36. The number of anilines is 1. The molecule has 1 aromatic heterocycles. The Balaban J connectivity index is 1.55. The standard InChI is InChI=1S/C15H17N3O2S/c1-19-10-4-5-11-12(6-7-20-13(11)8-10)16-15-17-14(18-21-15)9-2-3-9/h4-5,8-9,12H,2-3,6-7H2,1H3,(H,16,17,18). The molecule has 0 bridgehead atoms. The van der Waals surface area contributed by atoms with E-state index in [2.05, 4.69) is 20.7 Å². The highest BCUT2D eigenvalue weighted by Gasteiger charge is 2.29. The number of rotatable bonds is 4. The second-order valence-corrected chi connectivity index (χ2v) is 6.22. The average Bonchev–Trinajstić information content (AvgIpc) is 3.27. The maximum Gasteiger partial charge on any atom is 0.203 e. The summed E-state index contributed by atoms with van der Waals surface area (Å²) in [6, 6.07) is 6.20. The van der Waals surface area contributed by atoms with Gasteiger partial charge < -0.3 is 14.8 Å². The zero-order chi connectivity index (χ0) is 14.2. The molecule has 0 amide bonds. The molecule has 1 N–H and O–H groups in total. The van der Waals surface area contributed by atoms with Crippen LogP contribution in [0.15, 0.2) is 18.2 Å². The van der Waals surface area contributed by atoms with Gasteiger partial charge in [0.25, 0.3) is 0 Å². The summed E-state index contributed by atoms with van der Waals surface area (Å²) in [6.45, 7) is 0.701. The molecule has 1 aromatic carbocycles. The summed E-state index contributed by atoms with van der Waals surface area (Å²) in [6.07, 6.45) is 3.39. The molecule has 110 valence electrons. The van der Waals surface area contributed by atoms with Crippen LogP contribution in [0.1, 0.15) is 42.6 Å². The first-order valence-electron chi connectivity index (χ1n) is 7.24. The van der Waals surface area contributed by atoms with Crippen LogP contribution in [0.3, 0.4) is 0 Å². The topological polar surface area (TPSA) is 56.3 Å². The molecule has 2 aromatic rings. The molecule has 21 heavy (non-hydrogen) atoms. The number of ether oxygens (including phenoxy) is 2. The molecule has 1 atom stereocenters. The van der Waals surface area contributed by atoms with Gasteiger partial charge in [0, 0.05) is 35.5 Å². The van der Waals surface area contributed by atoms with Crippen LogP contribution < -0.4 is 14.8 Å². The van der Waals surface area contributed by atoms with Crippen LogP contribution >= 0.6 is 11.5 Å². The SMILES string of the molecule is COc1ccc2c(c1)OCCC2Nc1nc(C2CC2)ns1. The second-order valence-electron chi connectivity index (χ2n) is 5.47. The largest absolute Gasteiger partial charge is 0.497 e. The summed E-state index contributed by atoms with van der Waals surface area (Å²) in [5.41, 5.74) is 1.16. The van der Waals surface area contributed by atoms with E-state index in [0.717, 1.165) is 34.4 Å². The number of methoxy groups -OCH3 is 1. The minimum absolute atomic E-state index is 0.222. The van der Waals surface area contributed by atoms with Gasteiger partial charge in [0.2, 0.25) is 5.13 Å². The van der Waals surface area contributed by atoms with Gasteiger partial charge in [-0.25, -0.2) is 4.98 Å². The number of nitrogens with one attached hydrogen (secondary N) is 1. The zero-order valence-corrected chi connectivity index (χ0v) is 12.7. The molecule has 0 spiro atoms. The Morgan fingerprint density at radius 3 is 3.05 bits per heavy atom. The van der Waals surface area contributed by atoms with E-state index in [1.165, 1.54) is 24.4 Å². The summed E-state index contributed by atoms with van der Waals surface area (Å²) in [5, 5.41) is 4.41. The summed E-state index contributed by atoms with van der Waals surface area (Å²) < 4.78 is 15.4. The lowest BCUT2D eigenvalue weighted by atomic mass is 10.0. The van der Waals surface area contributed by atoms with Crippen LogP contribution in [-0.2, 0) is 0 Å². The Morgan fingerprint density at radius 1 is 1.33 bits per heavy atom. The van der Waals surface area contributed by atoms with Crippen LogP contribution in [0.4, 0.5) is 5.13 Å². The summed E-state index contributed by atoms with van der Waals surface area (Å²) >= 11 is 1.46. The Kier molecular flexibility index (Phi) is 3.18. The Bertz CT molecular complexity index is 654. The molecule has 5 nitrogen and oxygen atoms in total. The van der Waals surface area contributed by atoms with Crippen LogP contribution in [0, 0.1) is 0 Å². The summed E-state index contributed by atoms with van der Waals surface area (Å²) in [5.74, 6) is 3.32. The van der Waals surface area contributed by atoms with Crippen molar-refractivity contribution in [2.24, 2.45) is 0 Å². The van der Waals surface area contributed by atoms with Gasteiger partial charge in [0.05, 0.1) is 19.8 Å². The Hall–Kier alpha value is -1.82. The van der Waals surface area contributed by atoms with E-state index in [-0.39, 0.29) is 6.04 Å². The number of fused-ring (bicyclic) bond motifs is 1. The molecular formula is C15H17N3O2S. The molecular weight excluding hydrogens is 286 g/mol. The fourth-order valence-corrected chi connectivity index (χ4v) is 3.30. The normalized spacial score (nSPS) is 20.5. The number of hydrogen-bond donors (Lipinski definition) is 1. The maximum absolute atomic E-state index is 5.73. The first kappa shape index (κ1) is 12.9. The van der Waals surface area contributed by atoms with Gasteiger partial charge in [-0.1, -0.05) is 0 Å². The van der Waals surface area contributed by atoms with Crippen LogP contribution in [0.5, 0.6) is 11.5 Å². The molecule has 4 rings (SSSR count). The minimum Gasteiger partial charge on any atom is -0.497 e. The third kappa shape index (κ3) is 2.55. The molecule has 0 saturated heterocycles. The summed E-state index contributed by atoms with van der Waals surface area (Å²) in [7, 11) is 1.67. The van der Waals surface area contributed by atoms with Crippen molar-refractivity contribution < 1.29 is 9.47 Å². The van der Waals surface area contributed by atoms with E-state index in [9.17, 15) is 0 Å². The molecule has 1 saturated carbocycles. The lowest BCUT2D eigenvalue weighted by molar-refractivity contribution is 0.272. The average molecular weight is 303 g/mol. The van der Waals surface area contributed by atoms with Crippen molar-refractivity contribution in [2.75, 3.05) is 19.0 Å². The number of aromatic nitrogens is 2. The number of nitrogens with zero attached hydrogens (tertiary/aromatic N) is 2.